The average Bonchev–Trinajstić information content (AvgIpc) is 2.35. The minimum Gasteiger partial charge on any atom is -0.496 e. The molecule has 0 bridgehead atoms. The molecule has 5 nitrogen and oxygen atoms in total. The van der Waals surface area contributed by atoms with Gasteiger partial charge in [0, 0.05) is 11.6 Å². The smallest absolute Gasteiger partial charge is 0.338 e. The Balaban J connectivity index is 2.63. The lowest BCUT2D eigenvalue weighted by atomic mass is 10.2. The molecule has 0 spiro atoms. The highest BCUT2D eigenvalue weighted by Crippen LogP contribution is 2.18. The molecule has 0 saturated carbocycles. The molecule has 0 radical (unpaired) electrons. The minimum absolute atomic E-state index is 0.355. The molecular weight excluding hydrogens is 248 g/mol. The standard InChI is InChI=1S/C14H14O5/c1-10(15)9-14(17)19-13(16)8-7-11-5-3-4-6-12(11)18-2/h3-8H,9H2,1-2H3/b8-7+. The maximum atomic E-state index is 11.3. The van der Waals surface area contributed by atoms with E-state index in [4.69, 9.17) is 4.74 Å². The molecule has 0 saturated heterocycles. The number of benzene rings is 1. The van der Waals surface area contributed by atoms with Crippen molar-refractivity contribution in [3.8, 4) is 5.75 Å². The Bertz CT molecular complexity index is 516. The summed E-state index contributed by atoms with van der Waals surface area (Å²) in [6.07, 6.45) is 2.17. The quantitative estimate of drug-likeness (QED) is 0.459. The number of carbonyl (C=O) groups is 3. The van der Waals surface area contributed by atoms with Gasteiger partial charge in [0.15, 0.2) is 0 Å². The van der Waals surface area contributed by atoms with E-state index in [0.717, 1.165) is 6.08 Å². The van der Waals surface area contributed by atoms with E-state index in [-0.39, 0.29) is 5.78 Å². The molecule has 1 rings (SSSR count). The normalized spacial score (nSPS) is 10.2. The molecule has 5 heteroatoms. The van der Waals surface area contributed by atoms with Gasteiger partial charge in [0.1, 0.15) is 18.0 Å². The van der Waals surface area contributed by atoms with Crippen LogP contribution >= 0.6 is 0 Å². The zero-order chi connectivity index (χ0) is 14.3. The molecule has 0 atom stereocenters. The zero-order valence-corrected chi connectivity index (χ0v) is 10.7. The number of carbonyl (C=O) groups excluding carboxylic acids is 3. The fraction of sp³-hybridized carbons (Fsp3) is 0.214. The van der Waals surface area contributed by atoms with Crippen LogP contribution in [0.15, 0.2) is 30.3 Å². The third-order valence-electron chi connectivity index (χ3n) is 2.15. The van der Waals surface area contributed by atoms with Gasteiger partial charge in [0.05, 0.1) is 7.11 Å². The summed E-state index contributed by atoms with van der Waals surface area (Å²) in [4.78, 5) is 33.1. The lowest BCUT2D eigenvalue weighted by Crippen LogP contribution is -2.12. The van der Waals surface area contributed by atoms with Crippen LogP contribution in [-0.2, 0) is 19.1 Å². The summed E-state index contributed by atoms with van der Waals surface area (Å²) in [5.74, 6) is -1.44. The second-order valence-corrected chi connectivity index (χ2v) is 3.75. The molecule has 0 heterocycles. The summed E-state index contributed by atoms with van der Waals surface area (Å²) >= 11 is 0. The lowest BCUT2D eigenvalue weighted by Gasteiger charge is -2.03. The molecule has 0 aliphatic carbocycles. The molecule has 0 aromatic heterocycles. The second kappa shape index (κ2) is 7.10. The van der Waals surface area contributed by atoms with E-state index in [9.17, 15) is 14.4 Å². The van der Waals surface area contributed by atoms with Crippen LogP contribution in [0.4, 0.5) is 0 Å². The Labute approximate surface area is 110 Å². The molecule has 0 unspecified atom stereocenters. The van der Waals surface area contributed by atoms with E-state index in [1.165, 1.54) is 20.1 Å². The first-order valence-electron chi connectivity index (χ1n) is 5.58. The summed E-state index contributed by atoms with van der Waals surface area (Å²) in [7, 11) is 1.52. The van der Waals surface area contributed by atoms with E-state index >= 15 is 0 Å². The summed E-state index contributed by atoms with van der Waals surface area (Å²) in [6.45, 7) is 1.25. The number of hydrogen-bond acceptors (Lipinski definition) is 5. The number of hydrogen-bond donors (Lipinski definition) is 0. The van der Waals surface area contributed by atoms with Crippen molar-refractivity contribution in [3.63, 3.8) is 0 Å². The Morgan fingerprint density at radius 3 is 2.53 bits per heavy atom. The molecule has 0 N–H and O–H groups in total. The van der Waals surface area contributed by atoms with Crippen molar-refractivity contribution < 1.29 is 23.9 Å². The zero-order valence-electron chi connectivity index (χ0n) is 10.7. The number of ether oxygens (including phenoxy) is 2. The summed E-state index contributed by atoms with van der Waals surface area (Å²) in [6, 6.07) is 7.07. The van der Waals surface area contributed by atoms with Crippen LogP contribution in [-0.4, -0.2) is 24.8 Å². The van der Waals surface area contributed by atoms with Gasteiger partial charge in [-0.25, -0.2) is 4.79 Å². The molecule has 0 aliphatic rings. The first-order chi connectivity index (χ1) is 9.02. The monoisotopic (exact) mass is 262 g/mol. The highest BCUT2D eigenvalue weighted by atomic mass is 16.6. The largest absolute Gasteiger partial charge is 0.496 e. The maximum absolute atomic E-state index is 11.3. The van der Waals surface area contributed by atoms with Crippen LogP contribution in [0.3, 0.4) is 0 Å². The number of Topliss-reactive ketones (excluding diaryl/α,β-unsaturated/α-hetero) is 1. The van der Waals surface area contributed by atoms with Gasteiger partial charge in [0.25, 0.3) is 0 Å². The van der Waals surface area contributed by atoms with Gasteiger partial charge in [-0.3, -0.25) is 9.59 Å². The Morgan fingerprint density at radius 1 is 1.21 bits per heavy atom. The Kier molecular flexibility index (Phi) is 5.47. The number of methoxy groups -OCH3 is 1. The van der Waals surface area contributed by atoms with Gasteiger partial charge in [0.2, 0.25) is 0 Å². The van der Waals surface area contributed by atoms with Crippen LogP contribution in [0.25, 0.3) is 6.08 Å². The molecule has 0 aliphatic heterocycles. The van der Waals surface area contributed by atoms with Gasteiger partial charge in [-0.2, -0.15) is 0 Å². The van der Waals surface area contributed by atoms with Crippen molar-refractivity contribution in [1.82, 2.24) is 0 Å². The van der Waals surface area contributed by atoms with Crippen LogP contribution < -0.4 is 4.74 Å². The van der Waals surface area contributed by atoms with E-state index in [1.807, 2.05) is 0 Å². The highest BCUT2D eigenvalue weighted by molar-refractivity contribution is 6.01. The summed E-state index contributed by atoms with van der Waals surface area (Å²) in [5.41, 5.74) is 0.681. The Hall–Kier alpha value is -2.43. The van der Waals surface area contributed by atoms with Crippen molar-refractivity contribution in [3.05, 3.63) is 35.9 Å². The maximum Gasteiger partial charge on any atom is 0.338 e. The number of rotatable bonds is 5. The number of para-hydroxylation sites is 1. The van der Waals surface area contributed by atoms with E-state index in [2.05, 4.69) is 4.74 Å². The molecule has 1 aromatic rings. The van der Waals surface area contributed by atoms with Crippen LogP contribution in [0.2, 0.25) is 0 Å². The van der Waals surface area contributed by atoms with Crippen molar-refractivity contribution in [2.75, 3.05) is 7.11 Å². The fourth-order valence-corrected chi connectivity index (χ4v) is 1.35. The fourth-order valence-electron chi connectivity index (χ4n) is 1.35. The predicted molar refractivity (Wildman–Crippen MR) is 68.4 cm³/mol. The van der Waals surface area contributed by atoms with Gasteiger partial charge < -0.3 is 9.47 Å². The van der Waals surface area contributed by atoms with Crippen molar-refractivity contribution in [1.29, 1.82) is 0 Å². The van der Waals surface area contributed by atoms with Crippen LogP contribution in [0.1, 0.15) is 18.9 Å². The summed E-state index contributed by atoms with van der Waals surface area (Å²) < 4.78 is 9.53. The van der Waals surface area contributed by atoms with E-state index in [1.54, 1.807) is 24.3 Å². The molecule has 0 fully saturated rings. The van der Waals surface area contributed by atoms with Crippen molar-refractivity contribution >= 4 is 23.8 Å². The topological polar surface area (TPSA) is 69.7 Å². The van der Waals surface area contributed by atoms with Gasteiger partial charge >= 0.3 is 11.9 Å². The van der Waals surface area contributed by atoms with Crippen LogP contribution in [0, 0.1) is 0 Å². The third-order valence-corrected chi connectivity index (χ3v) is 2.15. The van der Waals surface area contributed by atoms with Crippen molar-refractivity contribution in [2.45, 2.75) is 13.3 Å². The third kappa shape index (κ3) is 5.16. The molecule has 0 amide bonds. The number of esters is 2. The number of ketones is 1. The average molecular weight is 262 g/mol. The van der Waals surface area contributed by atoms with Gasteiger partial charge in [-0.1, -0.05) is 18.2 Å². The first-order valence-corrected chi connectivity index (χ1v) is 5.58. The van der Waals surface area contributed by atoms with Crippen molar-refractivity contribution in [2.24, 2.45) is 0 Å². The predicted octanol–water partition coefficient (Wildman–Crippen LogP) is 1.76. The summed E-state index contributed by atoms with van der Waals surface area (Å²) in [5, 5.41) is 0. The van der Waals surface area contributed by atoms with E-state index < -0.39 is 18.4 Å². The molecule has 19 heavy (non-hydrogen) atoms. The van der Waals surface area contributed by atoms with E-state index in [0.29, 0.717) is 11.3 Å². The SMILES string of the molecule is COc1ccccc1/C=C/C(=O)OC(=O)CC(C)=O. The highest BCUT2D eigenvalue weighted by Gasteiger charge is 2.10. The first kappa shape index (κ1) is 14.6. The molecular formula is C14H14O5. The van der Waals surface area contributed by atoms with Gasteiger partial charge in [-0.05, 0) is 19.1 Å². The minimum atomic E-state index is -0.859. The second-order valence-electron chi connectivity index (χ2n) is 3.75. The lowest BCUT2D eigenvalue weighted by molar-refractivity contribution is -0.156. The molecule has 1 aromatic carbocycles. The Morgan fingerprint density at radius 2 is 1.89 bits per heavy atom. The van der Waals surface area contributed by atoms with Crippen LogP contribution in [0.5, 0.6) is 5.75 Å². The van der Waals surface area contributed by atoms with Gasteiger partial charge in [-0.15, -0.1) is 0 Å². The molecule has 100 valence electrons.